The Labute approximate surface area is 161 Å². The van der Waals surface area contributed by atoms with Gasteiger partial charge < -0.3 is 5.32 Å². The number of halogens is 2. The molecule has 0 atom stereocenters. The maximum Gasteiger partial charge on any atom is 0.258 e. The average Bonchev–Trinajstić information content (AvgIpc) is 3.18. The molecule has 2 aromatic heterocycles. The molecule has 6 nitrogen and oxygen atoms in total. The zero-order valence-electron chi connectivity index (χ0n) is 14.8. The minimum atomic E-state index is -0.208. The lowest BCUT2D eigenvalue weighted by molar-refractivity contribution is 0.102. The van der Waals surface area contributed by atoms with E-state index in [1.54, 1.807) is 29.2 Å². The van der Waals surface area contributed by atoms with Crippen molar-refractivity contribution in [2.24, 2.45) is 0 Å². The summed E-state index contributed by atoms with van der Waals surface area (Å²) in [6.45, 7) is 6.94. The summed E-state index contributed by atoms with van der Waals surface area (Å²) in [5, 5.41) is 12.8. The molecule has 3 aromatic rings. The topological polar surface area (TPSA) is 64.7 Å². The van der Waals surface area contributed by atoms with E-state index in [-0.39, 0.29) is 5.91 Å². The van der Waals surface area contributed by atoms with Crippen molar-refractivity contribution in [3.05, 3.63) is 63.2 Å². The van der Waals surface area contributed by atoms with Crippen LogP contribution >= 0.6 is 23.2 Å². The molecule has 1 N–H and O–H groups in total. The second-order valence-corrected chi connectivity index (χ2v) is 6.82. The maximum atomic E-state index is 12.5. The van der Waals surface area contributed by atoms with Gasteiger partial charge in [0.15, 0.2) is 0 Å². The average molecular weight is 392 g/mol. The monoisotopic (exact) mass is 391 g/mol. The molecule has 0 bridgehead atoms. The molecule has 0 spiro atoms. The van der Waals surface area contributed by atoms with Gasteiger partial charge in [-0.15, -0.1) is 0 Å². The quantitative estimate of drug-likeness (QED) is 0.703. The molecule has 0 aliphatic heterocycles. The van der Waals surface area contributed by atoms with Crippen LogP contribution < -0.4 is 5.32 Å². The van der Waals surface area contributed by atoms with Gasteiger partial charge in [-0.25, -0.2) is 0 Å². The number of aryl methyl sites for hydroxylation is 2. The molecular weight excluding hydrogens is 373 g/mol. The van der Waals surface area contributed by atoms with Crippen molar-refractivity contribution >= 4 is 34.8 Å². The zero-order chi connectivity index (χ0) is 18.8. The van der Waals surface area contributed by atoms with Crippen LogP contribution in [0.25, 0.3) is 0 Å². The van der Waals surface area contributed by atoms with Gasteiger partial charge in [-0.2, -0.15) is 10.2 Å². The predicted molar refractivity (Wildman–Crippen MR) is 103 cm³/mol. The Morgan fingerprint density at radius 3 is 2.69 bits per heavy atom. The van der Waals surface area contributed by atoms with Gasteiger partial charge in [0.05, 0.1) is 35.4 Å². The van der Waals surface area contributed by atoms with Gasteiger partial charge in [-0.05, 0) is 38.5 Å². The van der Waals surface area contributed by atoms with Gasteiger partial charge >= 0.3 is 0 Å². The highest BCUT2D eigenvalue weighted by atomic mass is 35.5. The number of nitrogens with zero attached hydrogens (tertiary/aromatic N) is 4. The summed E-state index contributed by atoms with van der Waals surface area (Å²) in [7, 11) is 0. The normalized spacial score (nSPS) is 11.0. The predicted octanol–water partition coefficient (Wildman–Crippen LogP) is 4.32. The van der Waals surface area contributed by atoms with Crippen molar-refractivity contribution in [1.82, 2.24) is 19.6 Å². The van der Waals surface area contributed by atoms with E-state index >= 15 is 0 Å². The van der Waals surface area contributed by atoms with Crippen LogP contribution in [0, 0.1) is 13.8 Å². The summed E-state index contributed by atoms with van der Waals surface area (Å²) in [5.74, 6) is -0.208. The first-order valence-electron chi connectivity index (χ1n) is 8.20. The van der Waals surface area contributed by atoms with Gasteiger partial charge in [0.1, 0.15) is 0 Å². The molecule has 0 radical (unpaired) electrons. The minimum absolute atomic E-state index is 0.208. The number of nitrogens with one attached hydrogen (secondary N) is 1. The van der Waals surface area contributed by atoms with E-state index in [0.29, 0.717) is 34.4 Å². The van der Waals surface area contributed by atoms with Crippen LogP contribution in [0.4, 0.5) is 5.69 Å². The molecule has 0 saturated heterocycles. The van der Waals surface area contributed by atoms with Crippen molar-refractivity contribution in [3.8, 4) is 0 Å². The number of aromatic nitrogens is 4. The Morgan fingerprint density at radius 1 is 1.27 bits per heavy atom. The van der Waals surface area contributed by atoms with E-state index < -0.39 is 0 Å². The van der Waals surface area contributed by atoms with Crippen molar-refractivity contribution in [2.75, 3.05) is 5.32 Å². The maximum absolute atomic E-state index is 12.5. The lowest BCUT2D eigenvalue weighted by Crippen LogP contribution is -2.13. The molecule has 0 aliphatic rings. The van der Waals surface area contributed by atoms with Crippen LogP contribution in [0.3, 0.4) is 0 Å². The molecule has 0 unspecified atom stereocenters. The number of hydrogen-bond acceptors (Lipinski definition) is 3. The van der Waals surface area contributed by atoms with E-state index in [1.807, 2.05) is 31.5 Å². The molecule has 0 fully saturated rings. The van der Waals surface area contributed by atoms with Crippen LogP contribution in [0.2, 0.25) is 10.0 Å². The number of hydrogen-bond donors (Lipinski definition) is 1. The van der Waals surface area contributed by atoms with Gasteiger partial charge in [-0.1, -0.05) is 29.3 Å². The number of carbonyl (C=O) groups is 1. The Morgan fingerprint density at radius 2 is 2.04 bits per heavy atom. The first kappa shape index (κ1) is 18.5. The van der Waals surface area contributed by atoms with E-state index in [0.717, 1.165) is 17.0 Å². The number of anilines is 1. The van der Waals surface area contributed by atoms with E-state index in [1.165, 1.54) is 0 Å². The van der Waals surface area contributed by atoms with Crippen LogP contribution in [0.5, 0.6) is 0 Å². The number of carbonyl (C=O) groups excluding carboxylic acids is 1. The highest BCUT2D eigenvalue weighted by molar-refractivity contribution is 6.35. The van der Waals surface area contributed by atoms with Crippen molar-refractivity contribution < 1.29 is 4.79 Å². The summed E-state index contributed by atoms with van der Waals surface area (Å²) in [6.07, 6.45) is 3.28. The lowest BCUT2D eigenvalue weighted by Gasteiger charge is -2.08. The van der Waals surface area contributed by atoms with E-state index in [2.05, 4.69) is 15.5 Å². The molecule has 0 aliphatic carbocycles. The standard InChI is InChI=1S/C18H19Cl2N5O/c1-4-24-9-14(8-21-24)18(26)22-17-11(2)23-25(12(17)3)10-13-5-6-15(19)7-16(13)20/h5-9H,4,10H2,1-3H3,(H,22,26). The molecular formula is C18H19Cl2N5O. The van der Waals surface area contributed by atoms with Crippen molar-refractivity contribution in [2.45, 2.75) is 33.9 Å². The molecule has 3 rings (SSSR count). The molecule has 136 valence electrons. The van der Waals surface area contributed by atoms with Gasteiger partial charge in [0.2, 0.25) is 0 Å². The Hall–Kier alpha value is -2.31. The fourth-order valence-electron chi connectivity index (χ4n) is 2.68. The third-order valence-corrected chi connectivity index (χ3v) is 4.76. The largest absolute Gasteiger partial charge is 0.319 e. The summed E-state index contributed by atoms with van der Waals surface area (Å²) in [5.41, 5.74) is 3.71. The Kier molecular flexibility index (Phi) is 5.34. The Balaban J connectivity index is 1.82. The van der Waals surface area contributed by atoms with Crippen LogP contribution in [0.15, 0.2) is 30.6 Å². The first-order chi connectivity index (χ1) is 12.4. The highest BCUT2D eigenvalue weighted by Gasteiger charge is 2.17. The molecule has 26 heavy (non-hydrogen) atoms. The van der Waals surface area contributed by atoms with E-state index in [9.17, 15) is 4.79 Å². The lowest BCUT2D eigenvalue weighted by atomic mass is 10.2. The molecule has 2 heterocycles. The number of benzene rings is 1. The smallest absolute Gasteiger partial charge is 0.258 e. The third kappa shape index (κ3) is 3.76. The summed E-state index contributed by atoms with van der Waals surface area (Å²) in [4.78, 5) is 12.5. The van der Waals surface area contributed by atoms with Gasteiger partial charge in [0, 0.05) is 22.8 Å². The fourth-order valence-corrected chi connectivity index (χ4v) is 3.15. The van der Waals surface area contributed by atoms with Crippen molar-refractivity contribution in [3.63, 3.8) is 0 Å². The molecule has 1 aromatic carbocycles. The van der Waals surface area contributed by atoms with E-state index in [4.69, 9.17) is 23.2 Å². The summed E-state index contributed by atoms with van der Waals surface area (Å²) >= 11 is 12.2. The van der Waals surface area contributed by atoms with Crippen LogP contribution in [-0.4, -0.2) is 25.5 Å². The summed E-state index contributed by atoms with van der Waals surface area (Å²) in [6, 6.07) is 5.37. The number of amides is 1. The van der Waals surface area contributed by atoms with Crippen molar-refractivity contribution in [1.29, 1.82) is 0 Å². The SMILES string of the molecule is CCn1cc(C(=O)Nc2c(C)nn(Cc3ccc(Cl)cc3Cl)c2C)cn1. The first-order valence-corrected chi connectivity index (χ1v) is 8.96. The second-order valence-electron chi connectivity index (χ2n) is 5.98. The minimum Gasteiger partial charge on any atom is -0.319 e. The highest BCUT2D eigenvalue weighted by Crippen LogP contribution is 2.25. The molecule has 1 amide bonds. The molecule has 8 heteroatoms. The van der Waals surface area contributed by atoms with Gasteiger partial charge in [0.25, 0.3) is 5.91 Å². The van der Waals surface area contributed by atoms with Crippen LogP contribution in [0.1, 0.15) is 34.2 Å². The van der Waals surface area contributed by atoms with Gasteiger partial charge in [-0.3, -0.25) is 14.2 Å². The second kappa shape index (κ2) is 7.51. The summed E-state index contributed by atoms with van der Waals surface area (Å²) < 4.78 is 3.52. The Bertz CT molecular complexity index is 961. The zero-order valence-corrected chi connectivity index (χ0v) is 16.3. The fraction of sp³-hybridized carbons (Fsp3) is 0.278. The number of rotatable bonds is 5. The third-order valence-electron chi connectivity index (χ3n) is 4.17. The van der Waals surface area contributed by atoms with Crippen LogP contribution in [-0.2, 0) is 13.1 Å². The molecule has 0 saturated carbocycles.